The summed E-state index contributed by atoms with van der Waals surface area (Å²) in [5, 5.41) is 9.10. The van der Waals surface area contributed by atoms with Gasteiger partial charge in [-0.3, -0.25) is 19.2 Å². The summed E-state index contributed by atoms with van der Waals surface area (Å²) < 4.78 is 0. The quantitative estimate of drug-likeness (QED) is 0.728. The van der Waals surface area contributed by atoms with Crippen LogP contribution in [0.15, 0.2) is 47.3 Å². The molecule has 4 rings (SSSR count). The zero-order valence-electron chi connectivity index (χ0n) is 17.1. The van der Waals surface area contributed by atoms with E-state index in [4.69, 9.17) is 0 Å². The minimum Gasteiger partial charge on any atom is -0.353 e. The van der Waals surface area contributed by atoms with Crippen LogP contribution in [0.1, 0.15) is 35.3 Å². The maximum Gasteiger partial charge on any atom is 0.274 e. The molecule has 3 amide bonds. The van der Waals surface area contributed by atoms with Gasteiger partial charge in [0, 0.05) is 44.7 Å². The Hall–Kier alpha value is -3.49. The SMILES string of the molecule is O=C(NC1CCN(C(=O)c2ccc(=O)[nH]n2)CC1)C1CC(=O)N(Cc2ccccc2)C1. The highest BCUT2D eigenvalue weighted by Gasteiger charge is 2.35. The van der Waals surface area contributed by atoms with Crippen molar-refractivity contribution in [3.05, 3.63) is 64.1 Å². The summed E-state index contributed by atoms with van der Waals surface area (Å²) in [4.78, 5) is 52.0. The molecule has 162 valence electrons. The van der Waals surface area contributed by atoms with Gasteiger partial charge in [-0.2, -0.15) is 5.10 Å². The molecule has 1 aromatic carbocycles. The molecule has 2 aliphatic heterocycles. The molecule has 0 saturated carbocycles. The van der Waals surface area contributed by atoms with Crippen molar-refractivity contribution in [1.82, 2.24) is 25.3 Å². The lowest BCUT2D eigenvalue weighted by Gasteiger charge is -2.32. The maximum atomic E-state index is 12.7. The molecule has 2 saturated heterocycles. The third-order valence-corrected chi connectivity index (χ3v) is 5.83. The van der Waals surface area contributed by atoms with Gasteiger partial charge in [-0.25, -0.2) is 5.10 Å². The fourth-order valence-electron chi connectivity index (χ4n) is 4.08. The number of amides is 3. The maximum absolute atomic E-state index is 12.7. The van der Waals surface area contributed by atoms with E-state index in [0.717, 1.165) is 5.56 Å². The molecule has 0 radical (unpaired) electrons. The van der Waals surface area contributed by atoms with Gasteiger partial charge in [0.1, 0.15) is 5.69 Å². The standard InChI is InChI=1S/C22H25N5O4/c28-19-7-6-18(24-25-19)22(31)26-10-8-17(9-11-26)23-21(30)16-12-20(29)27(14-16)13-15-4-2-1-3-5-15/h1-7,16-17H,8-14H2,(H,23,30)(H,25,28). The molecule has 31 heavy (non-hydrogen) atoms. The van der Waals surface area contributed by atoms with Crippen molar-refractivity contribution in [1.29, 1.82) is 0 Å². The van der Waals surface area contributed by atoms with Gasteiger partial charge in [0.15, 0.2) is 0 Å². The second-order valence-electron chi connectivity index (χ2n) is 8.04. The van der Waals surface area contributed by atoms with Crippen LogP contribution in [-0.2, 0) is 16.1 Å². The number of hydrogen-bond acceptors (Lipinski definition) is 5. The number of benzene rings is 1. The number of aromatic amines is 1. The van der Waals surface area contributed by atoms with Gasteiger partial charge in [0.05, 0.1) is 5.92 Å². The summed E-state index contributed by atoms with van der Waals surface area (Å²) in [6.07, 6.45) is 1.50. The molecule has 1 atom stereocenters. The Kier molecular flexibility index (Phi) is 6.11. The zero-order valence-corrected chi connectivity index (χ0v) is 17.1. The highest BCUT2D eigenvalue weighted by molar-refractivity contribution is 5.92. The molecule has 0 spiro atoms. The molecule has 3 heterocycles. The van der Waals surface area contributed by atoms with Crippen molar-refractivity contribution >= 4 is 17.7 Å². The van der Waals surface area contributed by atoms with E-state index in [1.54, 1.807) is 9.80 Å². The smallest absolute Gasteiger partial charge is 0.274 e. The number of carbonyl (C=O) groups excluding carboxylic acids is 3. The minimum atomic E-state index is -0.356. The van der Waals surface area contributed by atoms with Crippen LogP contribution < -0.4 is 10.9 Å². The van der Waals surface area contributed by atoms with Crippen molar-refractivity contribution < 1.29 is 14.4 Å². The van der Waals surface area contributed by atoms with Crippen LogP contribution in [-0.4, -0.2) is 63.4 Å². The number of nitrogens with one attached hydrogen (secondary N) is 2. The lowest BCUT2D eigenvalue weighted by Crippen LogP contribution is -2.48. The lowest BCUT2D eigenvalue weighted by molar-refractivity contribution is -0.129. The van der Waals surface area contributed by atoms with E-state index in [2.05, 4.69) is 15.5 Å². The molecule has 9 nitrogen and oxygen atoms in total. The third-order valence-electron chi connectivity index (χ3n) is 5.83. The third kappa shape index (κ3) is 4.99. The average molecular weight is 423 g/mol. The number of likely N-dealkylation sites (tertiary alicyclic amines) is 2. The minimum absolute atomic E-state index is 0.00202. The van der Waals surface area contributed by atoms with E-state index >= 15 is 0 Å². The van der Waals surface area contributed by atoms with Crippen molar-refractivity contribution in [3.8, 4) is 0 Å². The van der Waals surface area contributed by atoms with Gasteiger partial charge >= 0.3 is 0 Å². The number of piperidine rings is 1. The van der Waals surface area contributed by atoms with E-state index in [1.807, 2.05) is 30.3 Å². The number of nitrogens with zero attached hydrogens (tertiary/aromatic N) is 3. The Bertz CT molecular complexity index is 994. The van der Waals surface area contributed by atoms with Crippen molar-refractivity contribution in [2.24, 2.45) is 5.92 Å². The number of H-pyrrole nitrogens is 1. The van der Waals surface area contributed by atoms with Gasteiger partial charge < -0.3 is 15.1 Å². The first-order chi connectivity index (χ1) is 15.0. The van der Waals surface area contributed by atoms with Crippen molar-refractivity contribution in [2.45, 2.75) is 31.8 Å². The molecule has 2 aromatic rings. The first-order valence-corrected chi connectivity index (χ1v) is 10.5. The fraction of sp³-hybridized carbons (Fsp3) is 0.409. The molecule has 1 unspecified atom stereocenters. The van der Waals surface area contributed by atoms with E-state index in [0.29, 0.717) is 39.0 Å². The average Bonchev–Trinajstić information content (AvgIpc) is 3.15. The zero-order chi connectivity index (χ0) is 21.8. The lowest BCUT2D eigenvalue weighted by atomic mass is 10.0. The predicted octanol–water partition coefficient (Wildman–Crippen LogP) is 0.539. The molecule has 0 bridgehead atoms. The molecular formula is C22H25N5O4. The monoisotopic (exact) mass is 423 g/mol. The summed E-state index contributed by atoms with van der Waals surface area (Å²) in [6, 6.07) is 12.4. The summed E-state index contributed by atoms with van der Waals surface area (Å²) in [7, 11) is 0. The Morgan fingerprint density at radius 3 is 2.48 bits per heavy atom. The first kappa shape index (κ1) is 20.8. The Balaban J connectivity index is 1.25. The number of hydrogen-bond donors (Lipinski definition) is 2. The van der Waals surface area contributed by atoms with E-state index in [-0.39, 0.29) is 47.4 Å². The predicted molar refractivity (Wildman–Crippen MR) is 112 cm³/mol. The van der Waals surface area contributed by atoms with Gasteiger partial charge in [0.2, 0.25) is 11.8 Å². The largest absolute Gasteiger partial charge is 0.353 e. The van der Waals surface area contributed by atoms with Crippen molar-refractivity contribution in [2.75, 3.05) is 19.6 Å². The van der Waals surface area contributed by atoms with E-state index < -0.39 is 0 Å². The summed E-state index contributed by atoms with van der Waals surface area (Å²) in [5.74, 6) is -0.686. The molecule has 2 aliphatic rings. The van der Waals surface area contributed by atoms with Crippen LogP contribution in [0.4, 0.5) is 0 Å². The van der Waals surface area contributed by atoms with Crippen LogP contribution in [0.3, 0.4) is 0 Å². The summed E-state index contributed by atoms with van der Waals surface area (Å²) in [6.45, 7) is 1.93. The summed E-state index contributed by atoms with van der Waals surface area (Å²) in [5.41, 5.74) is 0.890. The number of rotatable bonds is 5. The van der Waals surface area contributed by atoms with Gasteiger partial charge in [-0.1, -0.05) is 30.3 Å². The number of aromatic nitrogens is 2. The normalized spacial score (nSPS) is 19.5. The second-order valence-corrected chi connectivity index (χ2v) is 8.04. The van der Waals surface area contributed by atoms with Crippen LogP contribution >= 0.6 is 0 Å². The molecule has 2 fully saturated rings. The Labute approximate surface area is 179 Å². The topological polar surface area (TPSA) is 115 Å². The van der Waals surface area contributed by atoms with Crippen LogP contribution in [0.25, 0.3) is 0 Å². The van der Waals surface area contributed by atoms with E-state index in [9.17, 15) is 19.2 Å². The molecule has 9 heteroatoms. The first-order valence-electron chi connectivity index (χ1n) is 10.5. The van der Waals surface area contributed by atoms with Gasteiger partial charge in [0.25, 0.3) is 11.5 Å². The Morgan fingerprint density at radius 2 is 1.81 bits per heavy atom. The highest BCUT2D eigenvalue weighted by Crippen LogP contribution is 2.21. The van der Waals surface area contributed by atoms with E-state index in [1.165, 1.54) is 12.1 Å². The molecule has 1 aromatic heterocycles. The summed E-state index contributed by atoms with van der Waals surface area (Å²) >= 11 is 0. The molecule has 2 N–H and O–H groups in total. The molecular weight excluding hydrogens is 398 g/mol. The van der Waals surface area contributed by atoms with Crippen molar-refractivity contribution in [3.63, 3.8) is 0 Å². The fourth-order valence-corrected chi connectivity index (χ4v) is 4.08. The molecule has 0 aliphatic carbocycles. The Morgan fingerprint density at radius 1 is 1.06 bits per heavy atom. The second kappa shape index (κ2) is 9.11. The van der Waals surface area contributed by atoms with Crippen LogP contribution in [0, 0.1) is 5.92 Å². The number of carbonyl (C=O) groups is 3. The van der Waals surface area contributed by atoms with Gasteiger partial charge in [-0.05, 0) is 24.5 Å². The highest BCUT2D eigenvalue weighted by atomic mass is 16.2. The van der Waals surface area contributed by atoms with Crippen LogP contribution in [0.5, 0.6) is 0 Å². The van der Waals surface area contributed by atoms with Crippen LogP contribution in [0.2, 0.25) is 0 Å². The van der Waals surface area contributed by atoms with Gasteiger partial charge in [-0.15, -0.1) is 0 Å².